The lowest BCUT2D eigenvalue weighted by Gasteiger charge is -2.36. The van der Waals surface area contributed by atoms with Gasteiger partial charge in [-0.15, -0.1) is 0 Å². The van der Waals surface area contributed by atoms with Crippen LogP contribution in [0.15, 0.2) is 42.0 Å². The molecule has 1 aliphatic carbocycles. The molecule has 158 valence electrons. The summed E-state index contributed by atoms with van der Waals surface area (Å²) in [5.74, 6) is -1.03. The van der Waals surface area contributed by atoms with Crippen molar-refractivity contribution >= 4 is 17.5 Å². The molecule has 3 rings (SSSR count). The summed E-state index contributed by atoms with van der Waals surface area (Å²) in [6.45, 7) is 6.13. The van der Waals surface area contributed by atoms with Gasteiger partial charge in [0.15, 0.2) is 0 Å². The average Bonchev–Trinajstić information content (AvgIpc) is 2.78. The molecule has 1 aromatic rings. The number of rotatable bonds is 8. The average molecular weight is 399 g/mol. The third-order valence-corrected chi connectivity index (χ3v) is 5.75. The number of allylic oxidation sites excluding steroid dienone is 1. The van der Waals surface area contributed by atoms with Crippen molar-refractivity contribution in [2.75, 3.05) is 50.7 Å². The Kier molecular flexibility index (Phi) is 8.56. The minimum atomic E-state index is -0.517. The van der Waals surface area contributed by atoms with Gasteiger partial charge in [-0.05, 0) is 57.2 Å². The monoisotopic (exact) mass is 398 g/mol. The lowest BCUT2D eigenvalue weighted by atomic mass is 9.97. The first-order valence-electron chi connectivity index (χ1n) is 11.0. The second kappa shape index (κ2) is 11.6. The van der Waals surface area contributed by atoms with Crippen LogP contribution in [0, 0.1) is 0 Å². The number of nitrogens with zero attached hydrogens (tertiary/aromatic N) is 2. The zero-order chi connectivity index (χ0) is 20.3. The maximum absolute atomic E-state index is 11.9. The number of carbonyl (C=O) groups excluding carboxylic acids is 2. The lowest BCUT2D eigenvalue weighted by Crippen LogP contribution is -2.47. The predicted molar refractivity (Wildman–Crippen MR) is 117 cm³/mol. The van der Waals surface area contributed by atoms with E-state index in [1.165, 1.54) is 24.1 Å². The number of amides is 2. The van der Waals surface area contributed by atoms with Crippen molar-refractivity contribution < 1.29 is 9.59 Å². The van der Waals surface area contributed by atoms with Gasteiger partial charge in [0.2, 0.25) is 0 Å². The van der Waals surface area contributed by atoms with Crippen LogP contribution in [-0.4, -0.2) is 62.5 Å². The number of hydrogen-bond acceptors (Lipinski definition) is 4. The van der Waals surface area contributed by atoms with E-state index in [-0.39, 0.29) is 0 Å². The molecule has 1 aromatic carbocycles. The summed E-state index contributed by atoms with van der Waals surface area (Å²) in [6, 6.07) is 10.5. The van der Waals surface area contributed by atoms with Crippen molar-refractivity contribution in [3.63, 3.8) is 0 Å². The molecule has 1 aliphatic heterocycles. The molecule has 1 saturated heterocycles. The van der Waals surface area contributed by atoms with Gasteiger partial charge in [0.05, 0.1) is 0 Å². The molecule has 0 radical (unpaired) electrons. The number of piperazine rings is 1. The molecule has 0 unspecified atom stereocenters. The summed E-state index contributed by atoms with van der Waals surface area (Å²) >= 11 is 0. The fourth-order valence-electron chi connectivity index (χ4n) is 4.00. The number of carbonyl (C=O) groups is 2. The molecule has 2 amide bonds. The van der Waals surface area contributed by atoms with E-state index in [0.29, 0.717) is 13.1 Å². The van der Waals surface area contributed by atoms with E-state index >= 15 is 0 Å². The van der Waals surface area contributed by atoms with Gasteiger partial charge in [-0.25, -0.2) is 0 Å². The zero-order valence-corrected chi connectivity index (χ0v) is 17.4. The minimum absolute atomic E-state index is 0.516. The van der Waals surface area contributed by atoms with Gasteiger partial charge in [0, 0.05) is 45.0 Å². The van der Waals surface area contributed by atoms with Crippen molar-refractivity contribution in [3.05, 3.63) is 42.0 Å². The van der Waals surface area contributed by atoms with Crippen molar-refractivity contribution in [2.45, 2.75) is 38.5 Å². The van der Waals surface area contributed by atoms with Crippen LogP contribution in [-0.2, 0) is 9.59 Å². The molecule has 29 heavy (non-hydrogen) atoms. The molecule has 6 heteroatoms. The van der Waals surface area contributed by atoms with Crippen molar-refractivity contribution in [1.82, 2.24) is 15.5 Å². The number of anilines is 1. The first-order valence-corrected chi connectivity index (χ1v) is 11.0. The molecule has 0 spiro atoms. The summed E-state index contributed by atoms with van der Waals surface area (Å²) in [7, 11) is 0. The lowest BCUT2D eigenvalue weighted by molar-refractivity contribution is -0.139. The second-order valence-corrected chi connectivity index (χ2v) is 7.89. The van der Waals surface area contributed by atoms with Crippen LogP contribution in [0.2, 0.25) is 0 Å². The Bertz CT molecular complexity index is 681. The molecule has 2 N–H and O–H groups in total. The smallest absolute Gasteiger partial charge is 0.309 e. The van der Waals surface area contributed by atoms with Gasteiger partial charge < -0.3 is 15.5 Å². The molecular formula is C23H34N4O2. The first-order chi connectivity index (χ1) is 14.2. The topological polar surface area (TPSA) is 64.7 Å². The van der Waals surface area contributed by atoms with Crippen LogP contribution in [0.5, 0.6) is 0 Å². The van der Waals surface area contributed by atoms with Crippen LogP contribution in [0.4, 0.5) is 5.69 Å². The van der Waals surface area contributed by atoms with Gasteiger partial charge in [-0.2, -0.15) is 0 Å². The minimum Gasteiger partial charge on any atom is -0.369 e. The van der Waals surface area contributed by atoms with Crippen molar-refractivity contribution in [2.24, 2.45) is 0 Å². The third kappa shape index (κ3) is 7.20. The van der Waals surface area contributed by atoms with E-state index in [1.54, 1.807) is 0 Å². The predicted octanol–water partition coefficient (Wildman–Crippen LogP) is 2.32. The SMILES string of the molecule is O=C(NCCCN1CCN(c2ccccc2)CC1)C(=O)NCCC1=CCCCC1. The summed E-state index contributed by atoms with van der Waals surface area (Å²) in [6.07, 6.45) is 8.76. The number of nitrogens with one attached hydrogen (secondary N) is 2. The zero-order valence-electron chi connectivity index (χ0n) is 17.4. The highest BCUT2D eigenvalue weighted by Crippen LogP contribution is 2.19. The number of para-hydroxylation sites is 1. The standard InChI is InChI=1S/C23H34N4O2/c28-22(23(29)25-14-12-20-8-3-1-4-9-20)24-13-7-15-26-16-18-27(19-17-26)21-10-5-2-6-11-21/h2,5-6,8,10-11H,1,3-4,7,9,12-19H2,(H,24,28)(H,25,29). The molecule has 0 atom stereocenters. The largest absolute Gasteiger partial charge is 0.369 e. The molecular weight excluding hydrogens is 364 g/mol. The maximum atomic E-state index is 11.9. The molecule has 0 bridgehead atoms. The van der Waals surface area contributed by atoms with Gasteiger partial charge in [-0.3, -0.25) is 14.5 Å². The first kappa shape index (κ1) is 21.4. The molecule has 0 saturated carbocycles. The fraction of sp³-hybridized carbons (Fsp3) is 0.565. The van der Waals surface area contributed by atoms with Crippen molar-refractivity contribution in [1.29, 1.82) is 0 Å². The highest BCUT2D eigenvalue weighted by atomic mass is 16.2. The third-order valence-electron chi connectivity index (χ3n) is 5.75. The maximum Gasteiger partial charge on any atom is 0.309 e. The summed E-state index contributed by atoms with van der Waals surface area (Å²) in [5.41, 5.74) is 2.69. The summed E-state index contributed by atoms with van der Waals surface area (Å²) in [4.78, 5) is 28.6. The molecule has 1 heterocycles. The van der Waals surface area contributed by atoms with Gasteiger partial charge >= 0.3 is 11.8 Å². The summed E-state index contributed by atoms with van der Waals surface area (Å²) in [5, 5.41) is 5.48. The number of benzene rings is 1. The Balaban J connectivity index is 1.23. The quantitative estimate of drug-likeness (QED) is 0.401. The Morgan fingerprint density at radius 1 is 0.897 bits per heavy atom. The fourth-order valence-corrected chi connectivity index (χ4v) is 4.00. The molecule has 2 aliphatic rings. The molecule has 0 aromatic heterocycles. The van der Waals surface area contributed by atoms with Crippen LogP contribution in [0.3, 0.4) is 0 Å². The van der Waals surface area contributed by atoms with E-state index in [4.69, 9.17) is 0 Å². The second-order valence-electron chi connectivity index (χ2n) is 7.89. The highest BCUT2D eigenvalue weighted by molar-refractivity contribution is 6.35. The van der Waals surface area contributed by atoms with Crippen LogP contribution in [0.1, 0.15) is 38.5 Å². The van der Waals surface area contributed by atoms with Gasteiger partial charge in [0.1, 0.15) is 0 Å². The van der Waals surface area contributed by atoms with E-state index in [0.717, 1.165) is 58.4 Å². The van der Waals surface area contributed by atoms with Gasteiger partial charge in [-0.1, -0.05) is 29.8 Å². The van der Waals surface area contributed by atoms with Crippen LogP contribution >= 0.6 is 0 Å². The van der Waals surface area contributed by atoms with E-state index < -0.39 is 11.8 Å². The Morgan fingerprint density at radius 2 is 1.62 bits per heavy atom. The Labute approximate surface area is 174 Å². The van der Waals surface area contributed by atoms with E-state index in [2.05, 4.69) is 50.8 Å². The number of hydrogen-bond donors (Lipinski definition) is 2. The Morgan fingerprint density at radius 3 is 2.31 bits per heavy atom. The highest BCUT2D eigenvalue weighted by Gasteiger charge is 2.17. The van der Waals surface area contributed by atoms with Crippen LogP contribution < -0.4 is 15.5 Å². The van der Waals surface area contributed by atoms with Crippen LogP contribution in [0.25, 0.3) is 0 Å². The van der Waals surface area contributed by atoms with E-state index in [1.807, 2.05) is 6.07 Å². The summed E-state index contributed by atoms with van der Waals surface area (Å²) < 4.78 is 0. The molecule has 6 nitrogen and oxygen atoms in total. The van der Waals surface area contributed by atoms with Crippen molar-refractivity contribution in [3.8, 4) is 0 Å². The Hall–Kier alpha value is -2.34. The van der Waals surface area contributed by atoms with E-state index in [9.17, 15) is 9.59 Å². The van der Waals surface area contributed by atoms with Gasteiger partial charge in [0.25, 0.3) is 0 Å². The molecule has 1 fully saturated rings. The normalized spacial score (nSPS) is 17.5.